The van der Waals surface area contributed by atoms with E-state index in [2.05, 4.69) is 16.3 Å². The van der Waals surface area contributed by atoms with Crippen molar-refractivity contribution in [2.24, 2.45) is 0 Å². The third kappa shape index (κ3) is 4.06. The molecule has 3 rings (SSSR count). The second-order valence-corrected chi connectivity index (χ2v) is 6.03. The van der Waals surface area contributed by atoms with Crippen molar-refractivity contribution in [2.45, 2.75) is 13.8 Å². The van der Waals surface area contributed by atoms with Gasteiger partial charge in [0.25, 0.3) is 0 Å². The fraction of sp³-hybridized carbons (Fsp3) is 0.190. The third-order valence-electron chi connectivity index (χ3n) is 4.13. The minimum atomic E-state index is -0.551. The van der Waals surface area contributed by atoms with Crippen molar-refractivity contribution in [3.8, 4) is 28.6 Å². The Morgan fingerprint density at radius 1 is 0.852 bits per heavy atom. The van der Waals surface area contributed by atoms with Crippen LogP contribution in [0.3, 0.4) is 0 Å². The number of aryl methyl sites for hydroxylation is 2. The Kier molecular flexibility index (Phi) is 5.35. The third-order valence-corrected chi connectivity index (χ3v) is 4.13. The zero-order chi connectivity index (χ0) is 19.4. The van der Waals surface area contributed by atoms with Crippen LogP contribution in [-0.2, 0) is 0 Å². The zero-order valence-electron chi connectivity index (χ0n) is 15.6. The number of aromatic nitrogens is 2. The van der Waals surface area contributed by atoms with Gasteiger partial charge in [-0.2, -0.15) is 0 Å². The molecule has 2 aromatic carbocycles. The maximum absolute atomic E-state index is 12.3. The molecule has 3 aromatic rings. The average molecular weight is 364 g/mol. The topological polar surface area (TPSA) is 70.5 Å². The normalized spacial score (nSPS) is 10.4. The summed E-state index contributed by atoms with van der Waals surface area (Å²) in [4.78, 5) is 12.3. The van der Waals surface area contributed by atoms with Gasteiger partial charge in [-0.05, 0) is 49.7 Å². The predicted molar refractivity (Wildman–Crippen MR) is 101 cm³/mol. The number of ether oxygens (including phenoxy) is 3. The van der Waals surface area contributed by atoms with Gasteiger partial charge in [0.05, 0.1) is 25.5 Å². The van der Waals surface area contributed by atoms with E-state index < -0.39 is 5.97 Å². The fourth-order valence-electron chi connectivity index (χ4n) is 2.65. The van der Waals surface area contributed by atoms with Crippen LogP contribution in [0.1, 0.15) is 21.5 Å². The smallest absolute Gasteiger partial charge is 0.345 e. The lowest BCUT2D eigenvalue weighted by atomic mass is 10.0. The molecule has 0 saturated carbocycles. The molecule has 0 aliphatic rings. The van der Waals surface area contributed by atoms with E-state index in [-0.39, 0.29) is 5.88 Å². The summed E-state index contributed by atoms with van der Waals surface area (Å²) in [5.41, 5.74) is 4.29. The highest BCUT2D eigenvalue weighted by atomic mass is 16.5. The highest BCUT2D eigenvalue weighted by Crippen LogP contribution is 2.28. The molecule has 0 aliphatic heterocycles. The van der Waals surface area contributed by atoms with Crippen LogP contribution in [0.15, 0.2) is 48.5 Å². The number of esters is 1. The number of methoxy groups -OCH3 is 2. The van der Waals surface area contributed by atoms with Gasteiger partial charge in [0.1, 0.15) is 0 Å². The van der Waals surface area contributed by atoms with Crippen LogP contribution in [0.2, 0.25) is 0 Å². The van der Waals surface area contributed by atoms with Crippen molar-refractivity contribution in [2.75, 3.05) is 14.2 Å². The lowest BCUT2D eigenvalue weighted by molar-refractivity contribution is 0.0725. The minimum absolute atomic E-state index is 0.129. The first-order valence-electron chi connectivity index (χ1n) is 8.37. The van der Waals surface area contributed by atoms with Gasteiger partial charge in [-0.25, -0.2) is 4.79 Å². The molecular weight excluding hydrogens is 344 g/mol. The summed E-state index contributed by atoms with van der Waals surface area (Å²) >= 11 is 0. The molecule has 6 nitrogen and oxygen atoms in total. The zero-order valence-corrected chi connectivity index (χ0v) is 15.6. The number of hydrogen-bond acceptors (Lipinski definition) is 6. The van der Waals surface area contributed by atoms with Crippen LogP contribution in [-0.4, -0.2) is 30.4 Å². The van der Waals surface area contributed by atoms with Crippen LogP contribution in [0.25, 0.3) is 11.3 Å². The van der Waals surface area contributed by atoms with Gasteiger partial charge in [-0.15, -0.1) is 10.2 Å². The fourth-order valence-corrected chi connectivity index (χ4v) is 2.65. The Morgan fingerprint density at radius 3 is 2.30 bits per heavy atom. The summed E-state index contributed by atoms with van der Waals surface area (Å²) in [5.74, 6) is 0.559. The lowest BCUT2D eigenvalue weighted by Gasteiger charge is -2.09. The maximum Gasteiger partial charge on any atom is 0.345 e. The summed E-state index contributed by atoms with van der Waals surface area (Å²) in [7, 11) is 3.04. The van der Waals surface area contributed by atoms with Gasteiger partial charge in [0.15, 0.2) is 11.5 Å². The monoisotopic (exact) mass is 364 g/mol. The standard InChI is InChI=1S/C21H20N2O4/c1-13-5-6-14(2)16(11-13)17-8-10-20(23-22-17)27-21(24)15-7-9-18(25-3)19(12-15)26-4/h5-12H,1-4H3. The van der Waals surface area contributed by atoms with E-state index in [9.17, 15) is 4.79 Å². The summed E-state index contributed by atoms with van der Waals surface area (Å²) in [6, 6.07) is 14.3. The molecule has 0 amide bonds. The van der Waals surface area contributed by atoms with Crippen molar-refractivity contribution < 1.29 is 19.0 Å². The molecule has 138 valence electrons. The van der Waals surface area contributed by atoms with Crippen molar-refractivity contribution in [3.05, 3.63) is 65.2 Å². The van der Waals surface area contributed by atoms with Crippen LogP contribution >= 0.6 is 0 Å². The van der Waals surface area contributed by atoms with Crippen LogP contribution < -0.4 is 14.2 Å². The Morgan fingerprint density at radius 2 is 1.63 bits per heavy atom. The number of carbonyl (C=O) groups excluding carboxylic acids is 1. The number of hydrogen-bond donors (Lipinski definition) is 0. The quantitative estimate of drug-likeness (QED) is 0.638. The molecule has 6 heteroatoms. The molecule has 0 saturated heterocycles. The van der Waals surface area contributed by atoms with Gasteiger partial charge in [-0.1, -0.05) is 17.7 Å². The molecular formula is C21H20N2O4. The molecule has 0 N–H and O–H groups in total. The molecule has 1 heterocycles. The van der Waals surface area contributed by atoms with Crippen molar-refractivity contribution in [1.29, 1.82) is 0 Å². The lowest BCUT2D eigenvalue weighted by Crippen LogP contribution is -2.10. The molecule has 0 aliphatic carbocycles. The molecule has 0 atom stereocenters. The predicted octanol–water partition coefficient (Wildman–Crippen LogP) is 4.00. The van der Waals surface area contributed by atoms with Gasteiger partial charge >= 0.3 is 5.97 Å². The van der Waals surface area contributed by atoms with Crippen LogP contribution in [0.4, 0.5) is 0 Å². The first-order chi connectivity index (χ1) is 13.0. The largest absolute Gasteiger partial charge is 0.493 e. The summed E-state index contributed by atoms with van der Waals surface area (Å²) < 4.78 is 15.7. The summed E-state index contributed by atoms with van der Waals surface area (Å²) in [5, 5.41) is 8.21. The van der Waals surface area contributed by atoms with Crippen molar-refractivity contribution in [1.82, 2.24) is 10.2 Å². The highest BCUT2D eigenvalue weighted by Gasteiger charge is 2.14. The van der Waals surface area contributed by atoms with Gasteiger partial charge in [0.2, 0.25) is 5.88 Å². The Hall–Kier alpha value is -3.41. The number of benzene rings is 2. The maximum atomic E-state index is 12.3. The summed E-state index contributed by atoms with van der Waals surface area (Å²) in [6.45, 7) is 4.04. The van der Waals surface area contributed by atoms with Crippen LogP contribution in [0.5, 0.6) is 17.4 Å². The van der Waals surface area contributed by atoms with E-state index in [0.717, 1.165) is 22.4 Å². The first-order valence-corrected chi connectivity index (χ1v) is 8.37. The van der Waals surface area contributed by atoms with E-state index >= 15 is 0 Å². The second-order valence-electron chi connectivity index (χ2n) is 6.03. The van der Waals surface area contributed by atoms with E-state index in [1.54, 1.807) is 30.3 Å². The number of carbonyl (C=O) groups is 1. The first kappa shape index (κ1) is 18.4. The van der Waals surface area contributed by atoms with E-state index in [1.165, 1.54) is 14.2 Å². The second kappa shape index (κ2) is 7.86. The molecule has 0 fully saturated rings. The minimum Gasteiger partial charge on any atom is -0.493 e. The van der Waals surface area contributed by atoms with Gasteiger partial charge in [-0.3, -0.25) is 0 Å². The van der Waals surface area contributed by atoms with Crippen LogP contribution in [0, 0.1) is 13.8 Å². The van der Waals surface area contributed by atoms with E-state index in [0.29, 0.717) is 17.1 Å². The van der Waals surface area contributed by atoms with E-state index in [1.807, 2.05) is 26.0 Å². The molecule has 27 heavy (non-hydrogen) atoms. The molecule has 0 radical (unpaired) electrons. The molecule has 0 unspecified atom stereocenters. The molecule has 0 bridgehead atoms. The van der Waals surface area contributed by atoms with Gasteiger partial charge in [0, 0.05) is 11.6 Å². The number of rotatable bonds is 5. The SMILES string of the molecule is COc1ccc(C(=O)Oc2ccc(-c3cc(C)ccc3C)nn2)cc1OC. The molecule has 0 spiro atoms. The summed E-state index contributed by atoms with van der Waals surface area (Å²) in [6.07, 6.45) is 0. The average Bonchev–Trinajstić information content (AvgIpc) is 2.69. The molecule has 1 aromatic heterocycles. The number of nitrogens with zero attached hydrogens (tertiary/aromatic N) is 2. The van der Waals surface area contributed by atoms with Crippen molar-refractivity contribution >= 4 is 5.97 Å². The van der Waals surface area contributed by atoms with Gasteiger partial charge < -0.3 is 14.2 Å². The van der Waals surface area contributed by atoms with Crippen molar-refractivity contribution in [3.63, 3.8) is 0 Å². The van der Waals surface area contributed by atoms with E-state index in [4.69, 9.17) is 14.2 Å². The highest BCUT2D eigenvalue weighted by molar-refractivity contribution is 5.91. The Bertz CT molecular complexity index is 968. The Balaban J connectivity index is 1.78. The Labute approximate surface area is 157 Å².